The lowest BCUT2D eigenvalue weighted by molar-refractivity contribution is 0.590. The number of nitrogens with zero attached hydrogens (tertiary/aromatic N) is 2. The summed E-state index contributed by atoms with van der Waals surface area (Å²) in [4.78, 5) is 1.59. The molecule has 0 aromatic carbocycles. The van der Waals surface area contributed by atoms with Gasteiger partial charge in [-0.3, -0.25) is 0 Å². The van der Waals surface area contributed by atoms with Gasteiger partial charge in [-0.25, -0.2) is 8.42 Å². The van der Waals surface area contributed by atoms with E-state index in [2.05, 4.69) is 4.40 Å². The second-order valence-electron chi connectivity index (χ2n) is 3.22. The summed E-state index contributed by atoms with van der Waals surface area (Å²) in [6.45, 7) is 0. The predicted molar refractivity (Wildman–Crippen MR) is 60.5 cm³/mol. The Kier molecular flexibility index (Phi) is 6.92. The van der Waals surface area contributed by atoms with E-state index in [1.807, 2.05) is 0 Å². The van der Waals surface area contributed by atoms with Gasteiger partial charge in [0.25, 0.3) is 10.0 Å². The second-order valence-corrected chi connectivity index (χ2v) is 5.38. The fourth-order valence-corrected chi connectivity index (χ4v) is 1.97. The highest BCUT2D eigenvalue weighted by Gasteiger charge is 2.06. The molecule has 0 bridgehead atoms. The molecule has 0 atom stereocenters. The van der Waals surface area contributed by atoms with E-state index in [-0.39, 0.29) is 5.75 Å². The van der Waals surface area contributed by atoms with Gasteiger partial charge in [-0.15, -0.1) is 11.6 Å². The molecule has 0 fully saturated rings. The molecule has 0 radical (unpaired) electrons. The van der Waals surface area contributed by atoms with Crippen LogP contribution >= 0.6 is 11.6 Å². The summed E-state index contributed by atoms with van der Waals surface area (Å²) in [5, 5.41) is 0. The summed E-state index contributed by atoms with van der Waals surface area (Å²) < 4.78 is 26.0. The Hall–Kier alpha value is -0.290. The summed E-state index contributed by atoms with van der Waals surface area (Å²) in [6, 6.07) is 0. The molecule has 0 N–H and O–H groups in total. The van der Waals surface area contributed by atoms with Gasteiger partial charge in [0.15, 0.2) is 0 Å². The van der Waals surface area contributed by atoms with Gasteiger partial charge in [-0.2, -0.15) is 4.40 Å². The van der Waals surface area contributed by atoms with Crippen molar-refractivity contribution in [2.75, 3.05) is 25.7 Å². The highest BCUT2D eigenvalue weighted by molar-refractivity contribution is 7.90. The van der Waals surface area contributed by atoms with Gasteiger partial charge >= 0.3 is 0 Å². The van der Waals surface area contributed by atoms with Crippen LogP contribution in [0.5, 0.6) is 0 Å². The van der Waals surface area contributed by atoms with E-state index in [9.17, 15) is 8.42 Å². The molecule has 84 valence electrons. The van der Waals surface area contributed by atoms with Crippen molar-refractivity contribution in [2.45, 2.75) is 19.3 Å². The Bertz CT molecular complexity index is 263. The number of rotatable bonds is 7. The normalized spacial score (nSPS) is 12.2. The number of sulfonamides is 1. The molecule has 0 spiro atoms. The van der Waals surface area contributed by atoms with Crippen LogP contribution in [0.1, 0.15) is 19.3 Å². The Morgan fingerprint density at radius 3 is 2.43 bits per heavy atom. The molecule has 0 amide bonds. The highest BCUT2D eigenvalue weighted by atomic mass is 35.5. The van der Waals surface area contributed by atoms with Crippen molar-refractivity contribution in [2.24, 2.45) is 4.40 Å². The maximum atomic E-state index is 11.2. The highest BCUT2D eigenvalue weighted by Crippen LogP contribution is 2.02. The summed E-state index contributed by atoms with van der Waals surface area (Å²) in [5.74, 6) is 0.690. The van der Waals surface area contributed by atoms with Gasteiger partial charge in [-0.1, -0.05) is 6.42 Å². The molecular weight excluding hydrogens is 224 g/mol. The zero-order valence-corrected chi connectivity index (χ0v) is 10.2. The summed E-state index contributed by atoms with van der Waals surface area (Å²) in [7, 11) is 0.185. The van der Waals surface area contributed by atoms with Gasteiger partial charge < -0.3 is 4.90 Å². The molecule has 0 saturated carbocycles. The average molecular weight is 241 g/mol. The second kappa shape index (κ2) is 7.06. The van der Waals surface area contributed by atoms with Crippen LogP contribution in [-0.4, -0.2) is 45.4 Å². The maximum Gasteiger partial charge on any atom is 0.254 e. The van der Waals surface area contributed by atoms with E-state index >= 15 is 0 Å². The smallest absolute Gasteiger partial charge is 0.254 e. The van der Waals surface area contributed by atoms with Crippen LogP contribution in [-0.2, 0) is 10.0 Å². The van der Waals surface area contributed by atoms with Gasteiger partial charge in [0.05, 0.1) is 5.75 Å². The number of hydrogen-bond acceptors (Lipinski definition) is 2. The van der Waals surface area contributed by atoms with Gasteiger partial charge in [-0.05, 0) is 12.8 Å². The molecule has 4 nitrogen and oxygen atoms in total. The number of alkyl halides is 1. The third-order valence-electron chi connectivity index (χ3n) is 1.47. The maximum absolute atomic E-state index is 11.2. The van der Waals surface area contributed by atoms with Crippen molar-refractivity contribution in [3.8, 4) is 0 Å². The minimum atomic E-state index is -3.27. The molecular formula is C8H17ClN2O2S. The number of halogens is 1. The topological polar surface area (TPSA) is 49.7 Å². The molecule has 0 aliphatic carbocycles. The molecule has 0 saturated heterocycles. The SMILES string of the molecule is CN(C)C=NS(=O)(=O)CCCCCCl. The zero-order valence-electron chi connectivity index (χ0n) is 8.61. The van der Waals surface area contributed by atoms with Crippen LogP contribution in [0.3, 0.4) is 0 Å². The predicted octanol–water partition coefficient (Wildman–Crippen LogP) is 1.32. The van der Waals surface area contributed by atoms with Crippen molar-refractivity contribution in [3.63, 3.8) is 0 Å². The van der Waals surface area contributed by atoms with Crippen LogP contribution in [0.25, 0.3) is 0 Å². The lowest BCUT2D eigenvalue weighted by Gasteiger charge is -2.02. The summed E-state index contributed by atoms with van der Waals surface area (Å²) in [5.41, 5.74) is 0. The van der Waals surface area contributed by atoms with E-state index in [1.165, 1.54) is 6.34 Å². The average Bonchev–Trinajstić information content (AvgIpc) is 2.10. The van der Waals surface area contributed by atoms with Crippen molar-refractivity contribution in [3.05, 3.63) is 0 Å². The lowest BCUT2D eigenvalue weighted by atomic mass is 10.3. The minimum Gasteiger partial charge on any atom is -0.368 e. The Morgan fingerprint density at radius 2 is 1.93 bits per heavy atom. The van der Waals surface area contributed by atoms with E-state index < -0.39 is 10.0 Å². The standard InChI is InChI=1S/C8H17ClN2O2S/c1-11(2)8-10-14(12,13)7-5-3-4-6-9/h8H,3-7H2,1-2H3. The third-order valence-corrected chi connectivity index (χ3v) is 2.96. The molecule has 0 rings (SSSR count). The molecule has 0 aliphatic rings. The van der Waals surface area contributed by atoms with Crippen LogP contribution in [0.2, 0.25) is 0 Å². The van der Waals surface area contributed by atoms with Crippen molar-refractivity contribution >= 4 is 28.0 Å². The molecule has 6 heteroatoms. The number of unbranched alkanes of at least 4 members (excludes halogenated alkanes) is 2. The molecule has 0 unspecified atom stereocenters. The quantitative estimate of drug-likeness (QED) is 0.292. The molecule has 0 aromatic rings. The first-order valence-electron chi connectivity index (χ1n) is 4.48. The Labute approximate surface area is 91.0 Å². The molecule has 14 heavy (non-hydrogen) atoms. The summed E-state index contributed by atoms with van der Waals surface area (Å²) >= 11 is 5.47. The Balaban J connectivity index is 3.85. The monoisotopic (exact) mass is 240 g/mol. The van der Waals surface area contributed by atoms with Crippen LogP contribution < -0.4 is 0 Å². The fraction of sp³-hybridized carbons (Fsp3) is 0.875. The molecule has 0 aromatic heterocycles. The van der Waals surface area contributed by atoms with Crippen LogP contribution in [0.15, 0.2) is 4.40 Å². The van der Waals surface area contributed by atoms with Gasteiger partial charge in [0.2, 0.25) is 0 Å². The molecule has 0 heterocycles. The van der Waals surface area contributed by atoms with Crippen LogP contribution in [0.4, 0.5) is 0 Å². The first-order chi connectivity index (χ1) is 6.48. The summed E-state index contributed by atoms with van der Waals surface area (Å²) in [6.07, 6.45) is 3.62. The van der Waals surface area contributed by atoms with E-state index in [1.54, 1.807) is 19.0 Å². The van der Waals surface area contributed by atoms with Crippen molar-refractivity contribution < 1.29 is 8.42 Å². The lowest BCUT2D eigenvalue weighted by Crippen LogP contribution is -2.11. The largest absolute Gasteiger partial charge is 0.368 e. The first-order valence-corrected chi connectivity index (χ1v) is 6.63. The third kappa shape index (κ3) is 8.31. The van der Waals surface area contributed by atoms with Crippen molar-refractivity contribution in [1.29, 1.82) is 0 Å². The minimum absolute atomic E-state index is 0.105. The fourth-order valence-electron chi connectivity index (χ4n) is 0.775. The Morgan fingerprint density at radius 1 is 1.29 bits per heavy atom. The zero-order chi connectivity index (χ0) is 11.0. The van der Waals surface area contributed by atoms with E-state index in [4.69, 9.17) is 11.6 Å². The number of hydrogen-bond donors (Lipinski definition) is 0. The van der Waals surface area contributed by atoms with Gasteiger partial charge in [0.1, 0.15) is 6.34 Å². The van der Waals surface area contributed by atoms with E-state index in [0.717, 1.165) is 12.8 Å². The first kappa shape index (κ1) is 13.7. The molecule has 0 aliphatic heterocycles. The van der Waals surface area contributed by atoms with Crippen LogP contribution in [0, 0.1) is 0 Å². The van der Waals surface area contributed by atoms with E-state index in [0.29, 0.717) is 12.3 Å². The van der Waals surface area contributed by atoms with Crippen molar-refractivity contribution in [1.82, 2.24) is 4.90 Å². The van der Waals surface area contributed by atoms with Gasteiger partial charge in [0, 0.05) is 20.0 Å².